The van der Waals surface area contributed by atoms with Crippen LogP contribution in [-0.4, -0.2) is 42.3 Å². The van der Waals surface area contributed by atoms with E-state index < -0.39 is 6.04 Å². The number of likely N-dealkylation sites (tertiary alicyclic amines) is 1. The maximum atomic E-state index is 12.7. The van der Waals surface area contributed by atoms with Crippen molar-refractivity contribution in [1.82, 2.24) is 10.2 Å². The number of amides is 3. The summed E-state index contributed by atoms with van der Waals surface area (Å²) in [5.41, 5.74) is 7.98. The monoisotopic (exact) mass is 438 g/mol. The van der Waals surface area contributed by atoms with Gasteiger partial charge < -0.3 is 21.1 Å². The lowest BCUT2D eigenvalue weighted by molar-refractivity contribution is -0.122. The van der Waals surface area contributed by atoms with Gasteiger partial charge >= 0.3 is 0 Å². The van der Waals surface area contributed by atoms with E-state index in [1.165, 1.54) is 6.92 Å². The zero-order valence-electron chi connectivity index (χ0n) is 18.5. The van der Waals surface area contributed by atoms with Crippen molar-refractivity contribution in [2.24, 2.45) is 5.73 Å². The number of hydrogen-bond acceptors (Lipinski definition) is 5. The van der Waals surface area contributed by atoms with Gasteiger partial charge in [0.15, 0.2) is 0 Å². The number of nitrogens with zero attached hydrogens (tertiary/aromatic N) is 1. The number of nitrogens with one attached hydrogen (secondary N) is 2. The number of hydrogen-bond donors (Lipinski definition) is 3. The molecule has 8 heteroatoms. The number of ether oxygens (including phenoxy) is 1. The van der Waals surface area contributed by atoms with Crippen LogP contribution in [-0.2, 0) is 20.9 Å². The highest BCUT2D eigenvalue weighted by atomic mass is 16.5. The molecule has 1 heterocycles. The van der Waals surface area contributed by atoms with Crippen LogP contribution >= 0.6 is 0 Å². The fraction of sp³-hybridized carbons (Fsp3) is 0.375. The SMILES string of the molecule is COc1ccc(C(CC(=O)Nc2cccc(CN3CCCC3C(N)=O)c2)NC(C)=O)cc1. The molecular formula is C24H30N4O4. The van der Waals surface area contributed by atoms with Crippen LogP contribution in [0.5, 0.6) is 5.75 Å². The summed E-state index contributed by atoms with van der Waals surface area (Å²) < 4.78 is 5.17. The van der Waals surface area contributed by atoms with Crippen LogP contribution in [0, 0.1) is 0 Å². The Bertz CT molecular complexity index is 961. The molecule has 0 aromatic heterocycles. The zero-order chi connectivity index (χ0) is 23.1. The van der Waals surface area contributed by atoms with Crippen LogP contribution in [0.4, 0.5) is 5.69 Å². The largest absolute Gasteiger partial charge is 0.497 e. The average Bonchev–Trinajstić information content (AvgIpc) is 3.21. The molecule has 170 valence electrons. The summed E-state index contributed by atoms with van der Waals surface area (Å²) in [5, 5.41) is 5.75. The minimum Gasteiger partial charge on any atom is -0.497 e. The van der Waals surface area contributed by atoms with Crippen molar-refractivity contribution in [1.29, 1.82) is 0 Å². The number of anilines is 1. The van der Waals surface area contributed by atoms with E-state index in [0.717, 1.165) is 30.5 Å². The van der Waals surface area contributed by atoms with Crippen molar-refractivity contribution in [3.63, 3.8) is 0 Å². The standard InChI is InChI=1S/C24H30N4O4/c1-16(29)26-21(18-8-10-20(32-2)11-9-18)14-23(30)27-19-6-3-5-17(13-19)15-28-12-4-7-22(28)24(25)31/h3,5-6,8-11,13,21-22H,4,7,12,14-15H2,1-2H3,(H2,25,31)(H,26,29)(H,27,30). The second-order valence-corrected chi connectivity index (χ2v) is 8.01. The summed E-state index contributed by atoms with van der Waals surface area (Å²) in [6.45, 7) is 2.84. The maximum absolute atomic E-state index is 12.7. The number of benzene rings is 2. The van der Waals surface area contributed by atoms with E-state index in [4.69, 9.17) is 10.5 Å². The fourth-order valence-corrected chi connectivity index (χ4v) is 4.05. The van der Waals surface area contributed by atoms with Crippen LogP contribution in [0.25, 0.3) is 0 Å². The van der Waals surface area contributed by atoms with E-state index in [9.17, 15) is 14.4 Å². The van der Waals surface area contributed by atoms with Crippen molar-refractivity contribution in [3.05, 3.63) is 59.7 Å². The Balaban J connectivity index is 1.65. The van der Waals surface area contributed by atoms with Crippen molar-refractivity contribution in [2.45, 2.75) is 44.8 Å². The van der Waals surface area contributed by atoms with Gasteiger partial charge in [0.1, 0.15) is 5.75 Å². The summed E-state index contributed by atoms with van der Waals surface area (Å²) in [6, 6.07) is 14.1. The molecule has 1 fully saturated rings. The van der Waals surface area contributed by atoms with Gasteiger partial charge in [-0.2, -0.15) is 0 Å². The Morgan fingerprint density at radius 2 is 1.94 bits per heavy atom. The number of carbonyl (C=O) groups excluding carboxylic acids is 3. The molecule has 1 saturated heterocycles. The van der Waals surface area contributed by atoms with Gasteiger partial charge in [0.05, 0.1) is 25.6 Å². The van der Waals surface area contributed by atoms with Crippen molar-refractivity contribution < 1.29 is 19.1 Å². The molecule has 2 atom stereocenters. The molecule has 8 nitrogen and oxygen atoms in total. The highest BCUT2D eigenvalue weighted by molar-refractivity contribution is 5.91. The van der Waals surface area contributed by atoms with Gasteiger partial charge in [0.2, 0.25) is 17.7 Å². The summed E-state index contributed by atoms with van der Waals surface area (Å²) in [6.07, 6.45) is 1.81. The third-order valence-corrected chi connectivity index (χ3v) is 5.57. The van der Waals surface area contributed by atoms with Crippen molar-refractivity contribution in [3.8, 4) is 5.75 Å². The van der Waals surface area contributed by atoms with Gasteiger partial charge in [-0.05, 0) is 54.8 Å². The average molecular weight is 439 g/mol. The Morgan fingerprint density at radius 1 is 1.19 bits per heavy atom. The minimum absolute atomic E-state index is 0.0893. The molecule has 2 unspecified atom stereocenters. The number of rotatable bonds is 9. The molecule has 4 N–H and O–H groups in total. The molecule has 0 spiro atoms. The lowest BCUT2D eigenvalue weighted by Crippen LogP contribution is -2.39. The summed E-state index contributed by atoms with van der Waals surface area (Å²) in [5.74, 6) is -0.0224. The number of carbonyl (C=O) groups is 3. The van der Waals surface area contributed by atoms with Crippen molar-refractivity contribution in [2.75, 3.05) is 19.0 Å². The second kappa shape index (κ2) is 10.8. The van der Waals surface area contributed by atoms with Gasteiger partial charge in [-0.25, -0.2) is 0 Å². The molecule has 2 aromatic carbocycles. The molecule has 32 heavy (non-hydrogen) atoms. The lowest BCUT2D eigenvalue weighted by atomic mass is 10.0. The molecule has 0 saturated carbocycles. The van der Waals surface area contributed by atoms with E-state index in [1.54, 1.807) is 19.2 Å². The summed E-state index contributed by atoms with van der Waals surface area (Å²) in [7, 11) is 1.58. The molecule has 0 bridgehead atoms. The van der Waals surface area contributed by atoms with Crippen LogP contribution < -0.4 is 21.1 Å². The highest BCUT2D eigenvalue weighted by Gasteiger charge is 2.28. The third kappa shape index (κ3) is 6.31. The first-order chi connectivity index (χ1) is 15.4. The van der Waals surface area contributed by atoms with Crippen LogP contribution in [0.2, 0.25) is 0 Å². The van der Waals surface area contributed by atoms with Gasteiger partial charge in [-0.15, -0.1) is 0 Å². The van der Waals surface area contributed by atoms with Gasteiger partial charge in [-0.1, -0.05) is 24.3 Å². The van der Waals surface area contributed by atoms with Crippen LogP contribution in [0.1, 0.15) is 43.4 Å². The first-order valence-electron chi connectivity index (χ1n) is 10.7. The topological polar surface area (TPSA) is 114 Å². The second-order valence-electron chi connectivity index (χ2n) is 8.01. The quantitative estimate of drug-likeness (QED) is 0.556. The molecular weight excluding hydrogens is 408 g/mol. The smallest absolute Gasteiger partial charge is 0.234 e. The normalized spacial score (nSPS) is 16.9. The van der Waals surface area contributed by atoms with Crippen LogP contribution in [0.3, 0.4) is 0 Å². The number of nitrogens with two attached hydrogens (primary N) is 1. The Morgan fingerprint density at radius 3 is 2.59 bits per heavy atom. The molecule has 1 aliphatic rings. The predicted molar refractivity (Wildman–Crippen MR) is 122 cm³/mol. The van der Waals surface area contributed by atoms with Gasteiger partial charge in [0.25, 0.3) is 0 Å². The molecule has 0 radical (unpaired) electrons. The van der Waals surface area contributed by atoms with E-state index in [0.29, 0.717) is 18.0 Å². The molecule has 3 rings (SSSR count). The minimum atomic E-state index is -0.456. The van der Waals surface area contributed by atoms with E-state index in [2.05, 4.69) is 15.5 Å². The highest BCUT2D eigenvalue weighted by Crippen LogP contribution is 2.23. The van der Waals surface area contributed by atoms with E-state index in [-0.39, 0.29) is 30.2 Å². The molecule has 3 amide bonds. The first-order valence-corrected chi connectivity index (χ1v) is 10.7. The Labute approximate surface area is 188 Å². The predicted octanol–water partition coefficient (Wildman–Crippen LogP) is 2.35. The molecule has 1 aliphatic heterocycles. The lowest BCUT2D eigenvalue weighted by Gasteiger charge is -2.22. The van der Waals surface area contributed by atoms with Gasteiger partial charge in [-0.3, -0.25) is 19.3 Å². The van der Waals surface area contributed by atoms with E-state index >= 15 is 0 Å². The first kappa shape index (κ1) is 23.3. The van der Waals surface area contributed by atoms with Gasteiger partial charge in [0, 0.05) is 19.2 Å². The zero-order valence-corrected chi connectivity index (χ0v) is 18.5. The third-order valence-electron chi connectivity index (χ3n) is 5.57. The molecule has 2 aromatic rings. The van der Waals surface area contributed by atoms with E-state index in [1.807, 2.05) is 36.4 Å². The Kier molecular flexibility index (Phi) is 7.83. The van der Waals surface area contributed by atoms with Crippen LogP contribution in [0.15, 0.2) is 48.5 Å². The Hall–Kier alpha value is -3.39. The fourth-order valence-electron chi connectivity index (χ4n) is 4.05. The number of primary amides is 1. The van der Waals surface area contributed by atoms with Crippen molar-refractivity contribution >= 4 is 23.4 Å². The molecule has 0 aliphatic carbocycles. The number of methoxy groups -OCH3 is 1. The maximum Gasteiger partial charge on any atom is 0.234 e. The summed E-state index contributed by atoms with van der Waals surface area (Å²) in [4.78, 5) is 38.1. The summed E-state index contributed by atoms with van der Waals surface area (Å²) >= 11 is 0.